The van der Waals surface area contributed by atoms with Crippen LogP contribution in [0.5, 0.6) is 5.75 Å². The van der Waals surface area contributed by atoms with Crippen molar-refractivity contribution in [1.29, 1.82) is 0 Å². The van der Waals surface area contributed by atoms with Gasteiger partial charge in [0.05, 0.1) is 30.5 Å². The minimum Gasteiger partial charge on any atom is -0.481 e. The molecule has 10 nitrogen and oxygen atoms in total. The third-order valence-corrected chi connectivity index (χ3v) is 4.48. The molecule has 0 spiro atoms. The Bertz CT molecular complexity index is 1270. The van der Waals surface area contributed by atoms with Crippen molar-refractivity contribution < 1.29 is 33.0 Å². The Morgan fingerprint density at radius 3 is 2.20 bits per heavy atom. The fraction of sp³-hybridized carbons (Fsp3) is 0.208. The summed E-state index contributed by atoms with van der Waals surface area (Å²) in [4.78, 5) is 49.0. The SMILES string of the molecule is CCOC(=O)c1ccc(NC(=O)COc2cc(=O)n(-c3ccc(F)cc3)nc2C(=O)OCC)cc1. The molecule has 0 fully saturated rings. The number of nitrogens with zero attached hydrogens (tertiary/aromatic N) is 2. The van der Waals surface area contributed by atoms with Crippen molar-refractivity contribution in [2.45, 2.75) is 13.8 Å². The minimum absolute atomic E-state index is 0.0396. The molecule has 1 aromatic heterocycles. The number of halogens is 1. The van der Waals surface area contributed by atoms with Crippen LogP contribution in [0.15, 0.2) is 59.4 Å². The maximum atomic E-state index is 13.2. The van der Waals surface area contributed by atoms with Crippen molar-refractivity contribution in [2.24, 2.45) is 0 Å². The number of carbonyl (C=O) groups is 3. The summed E-state index contributed by atoms with van der Waals surface area (Å²) in [5, 5.41) is 6.57. The van der Waals surface area contributed by atoms with Gasteiger partial charge in [-0.15, -0.1) is 0 Å². The summed E-state index contributed by atoms with van der Waals surface area (Å²) >= 11 is 0. The standard InChI is InChI=1S/C24H22FN3O7/c1-3-33-23(31)15-5-9-17(10-6-15)26-20(29)14-35-19-13-21(30)28(18-11-7-16(25)8-12-18)27-22(19)24(32)34-4-2/h5-13H,3-4,14H2,1-2H3,(H,26,29). The Morgan fingerprint density at radius 2 is 1.57 bits per heavy atom. The summed E-state index contributed by atoms with van der Waals surface area (Å²) < 4.78 is 29.4. The smallest absolute Gasteiger partial charge is 0.362 e. The van der Waals surface area contributed by atoms with Gasteiger partial charge in [-0.1, -0.05) is 0 Å². The highest BCUT2D eigenvalue weighted by Gasteiger charge is 2.21. The first-order valence-corrected chi connectivity index (χ1v) is 10.6. The van der Waals surface area contributed by atoms with Crippen LogP contribution in [0.4, 0.5) is 10.1 Å². The summed E-state index contributed by atoms with van der Waals surface area (Å²) in [5.41, 5.74) is -0.0652. The van der Waals surface area contributed by atoms with Crippen molar-refractivity contribution >= 4 is 23.5 Å². The van der Waals surface area contributed by atoms with Gasteiger partial charge >= 0.3 is 11.9 Å². The van der Waals surface area contributed by atoms with Crippen LogP contribution in [-0.4, -0.2) is 47.4 Å². The average molecular weight is 483 g/mol. The number of ether oxygens (including phenoxy) is 3. The first-order chi connectivity index (χ1) is 16.8. The molecule has 1 amide bonds. The van der Waals surface area contributed by atoms with Gasteiger partial charge in [-0.2, -0.15) is 9.78 Å². The monoisotopic (exact) mass is 483 g/mol. The van der Waals surface area contributed by atoms with Crippen molar-refractivity contribution in [3.8, 4) is 11.4 Å². The van der Waals surface area contributed by atoms with E-state index in [1.54, 1.807) is 13.8 Å². The molecule has 3 aromatic rings. The van der Waals surface area contributed by atoms with E-state index < -0.39 is 35.8 Å². The Morgan fingerprint density at radius 1 is 0.943 bits per heavy atom. The predicted molar refractivity (Wildman–Crippen MR) is 122 cm³/mol. The van der Waals surface area contributed by atoms with Crippen molar-refractivity contribution in [3.05, 3.63) is 82.0 Å². The second kappa shape index (κ2) is 11.5. The number of anilines is 1. The van der Waals surface area contributed by atoms with E-state index in [9.17, 15) is 23.6 Å². The molecule has 11 heteroatoms. The van der Waals surface area contributed by atoms with E-state index in [1.165, 1.54) is 36.4 Å². The van der Waals surface area contributed by atoms with Gasteiger partial charge in [-0.3, -0.25) is 9.59 Å². The first-order valence-electron chi connectivity index (χ1n) is 10.6. The summed E-state index contributed by atoms with van der Waals surface area (Å²) in [7, 11) is 0. The van der Waals surface area contributed by atoms with E-state index in [1.807, 2.05) is 0 Å². The normalized spacial score (nSPS) is 10.4. The Kier molecular flexibility index (Phi) is 8.28. The molecule has 0 atom stereocenters. The molecule has 2 aromatic carbocycles. The highest BCUT2D eigenvalue weighted by Crippen LogP contribution is 2.17. The molecule has 35 heavy (non-hydrogen) atoms. The lowest BCUT2D eigenvalue weighted by Gasteiger charge is -2.13. The molecular weight excluding hydrogens is 461 g/mol. The molecule has 0 saturated carbocycles. The number of esters is 2. The molecule has 0 bridgehead atoms. The molecule has 0 aliphatic rings. The summed E-state index contributed by atoms with van der Waals surface area (Å²) in [5.74, 6) is -2.70. The molecule has 0 aliphatic heterocycles. The van der Waals surface area contributed by atoms with Gasteiger partial charge in [-0.05, 0) is 62.4 Å². The van der Waals surface area contributed by atoms with E-state index >= 15 is 0 Å². The number of aromatic nitrogens is 2. The molecule has 0 saturated heterocycles. The number of amides is 1. The summed E-state index contributed by atoms with van der Waals surface area (Å²) in [6.45, 7) is 3.02. The fourth-order valence-electron chi connectivity index (χ4n) is 2.90. The predicted octanol–water partition coefficient (Wildman–Crippen LogP) is 2.74. The largest absolute Gasteiger partial charge is 0.481 e. The van der Waals surface area contributed by atoms with Crippen LogP contribution in [0.1, 0.15) is 34.7 Å². The van der Waals surface area contributed by atoms with Gasteiger partial charge in [0.15, 0.2) is 12.4 Å². The van der Waals surface area contributed by atoms with Crippen molar-refractivity contribution in [3.63, 3.8) is 0 Å². The third-order valence-electron chi connectivity index (χ3n) is 4.48. The Hall–Kier alpha value is -4.54. The van der Waals surface area contributed by atoms with Crippen LogP contribution in [0.2, 0.25) is 0 Å². The van der Waals surface area contributed by atoms with E-state index in [4.69, 9.17) is 14.2 Å². The zero-order valence-corrected chi connectivity index (χ0v) is 18.9. The van der Waals surface area contributed by atoms with Crippen LogP contribution in [0.25, 0.3) is 5.69 Å². The third kappa shape index (κ3) is 6.50. The van der Waals surface area contributed by atoms with Crippen LogP contribution >= 0.6 is 0 Å². The number of benzene rings is 2. The maximum Gasteiger partial charge on any atom is 0.362 e. The van der Waals surface area contributed by atoms with E-state index in [0.717, 1.165) is 22.9 Å². The summed E-state index contributed by atoms with van der Waals surface area (Å²) in [6, 6.07) is 11.9. The average Bonchev–Trinajstić information content (AvgIpc) is 2.84. The molecule has 1 heterocycles. The van der Waals surface area contributed by atoms with Crippen LogP contribution in [0, 0.1) is 5.82 Å². The van der Waals surface area contributed by atoms with Gasteiger partial charge in [0.25, 0.3) is 11.5 Å². The number of hydrogen-bond acceptors (Lipinski definition) is 8. The molecular formula is C24H22FN3O7. The van der Waals surface area contributed by atoms with Crippen LogP contribution < -0.4 is 15.6 Å². The van der Waals surface area contributed by atoms with E-state index in [0.29, 0.717) is 11.3 Å². The molecule has 182 valence electrons. The van der Waals surface area contributed by atoms with E-state index in [-0.39, 0.29) is 30.3 Å². The molecule has 1 N–H and O–H groups in total. The quantitative estimate of drug-likeness (QED) is 0.461. The molecule has 0 radical (unpaired) electrons. The van der Waals surface area contributed by atoms with Crippen LogP contribution in [0.3, 0.4) is 0 Å². The van der Waals surface area contributed by atoms with Crippen molar-refractivity contribution in [1.82, 2.24) is 9.78 Å². The lowest BCUT2D eigenvalue weighted by atomic mass is 10.2. The van der Waals surface area contributed by atoms with Gasteiger partial charge in [0.1, 0.15) is 5.82 Å². The fourth-order valence-corrected chi connectivity index (χ4v) is 2.90. The number of rotatable bonds is 9. The molecule has 0 unspecified atom stereocenters. The zero-order valence-electron chi connectivity index (χ0n) is 18.9. The number of nitrogens with one attached hydrogen (secondary N) is 1. The second-order valence-corrected chi connectivity index (χ2v) is 6.94. The lowest BCUT2D eigenvalue weighted by molar-refractivity contribution is -0.118. The maximum absolute atomic E-state index is 13.2. The Labute approximate surface area is 199 Å². The highest BCUT2D eigenvalue weighted by atomic mass is 19.1. The Balaban J connectivity index is 1.76. The van der Waals surface area contributed by atoms with Gasteiger partial charge in [-0.25, -0.2) is 14.0 Å². The molecule has 0 aliphatic carbocycles. The first kappa shape index (κ1) is 25.1. The van der Waals surface area contributed by atoms with Crippen LogP contribution in [-0.2, 0) is 14.3 Å². The zero-order chi connectivity index (χ0) is 25.4. The van der Waals surface area contributed by atoms with Gasteiger partial charge in [0.2, 0.25) is 5.69 Å². The number of hydrogen-bond donors (Lipinski definition) is 1. The van der Waals surface area contributed by atoms with Gasteiger partial charge < -0.3 is 19.5 Å². The molecule has 3 rings (SSSR count). The second-order valence-electron chi connectivity index (χ2n) is 6.94. The van der Waals surface area contributed by atoms with Gasteiger partial charge in [0, 0.05) is 5.69 Å². The highest BCUT2D eigenvalue weighted by molar-refractivity contribution is 5.94. The van der Waals surface area contributed by atoms with E-state index in [2.05, 4.69) is 10.4 Å². The number of carbonyl (C=O) groups excluding carboxylic acids is 3. The summed E-state index contributed by atoms with van der Waals surface area (Å²) in [6.07, 6.45) is 0. The van der Waals surface area contributed by atoms with Crippen molar-refractivity contribution in [2.75, 3.05) is 25.1 Å². The lowest BCUT2D eigenvalue weighted by Crippen LogP contribution is -2.27. The minimum atomic E-state index is -0.867. The topological polar surface area (TPSA) is 126 Å².